The minimum Gasteiger partial charge on any atom is -0.319 e. The molecule has 0 fully saturated rings. The summed E-state index contributed by atoms with van der Waals surface area (Å²) in [5.41, 5.74) is 7.76. The van der Waals surface area contributed by atoms with Crippen molar-refractivity contribution < 1.29 is 8.78 Å². The molecule has 0 heterocycles. The summed E-state index contributed by atoms with van der Waals surface area (Å²) in [6, 6.07) is 4.16. The Kier molecular flexibility index (Phi) is 2.98. The zero-order valence-corrected chi connectivity index (χ0v) is 7.72. The zero-order valence-electron chi connectivity index (χ0n) is 7.72. The summed E-state index contributed by atoms with van der Waals surface area (Å²) in [5.74, 6) is 0. The monoisotopic (exact) mass is 185 g/mol. The Bertz CT molecular complexity index is 277. The first-order chi connectivity index (χ1) is 6.00. The van der Waals surface area contributed by atoms with Gasteiger partial charge in [0, 0.05) is 0 Å². The Morgan fingerprint density at radius 2 is 1.54 bits per heavy atom. The van der Waals surface area contributed by atoms with Crippen molar-refractivity contribution in [3.05, 3.63) is 34.9 Å². The fourth-order valence-electron chi connectivity index (χ4n) is 1.35. The Balaban J connectivity index is 3.01. The van der Waals surface area contributed by atoms with E-state index in [2.05, 4.69) is 0 Å². The Hall–Kier alpha value is -0.960. The van der Waals surface area contributed by atoms with Crippen molar-refractivity contribution >= 4 is 0 Å². The largest absolute Gasteiger partial charge is 0.319 e. The summed E-state index contributed by atoms with van der Waals surface area (Å²) < 4.78 is 24.5. The zero-order chi connectivity index (χ0) is 10.0. The number of nitrogens with two attached hydrogens (primary N) is 1. The van der Waals surface area contributed by atoms with Crippen LogP contribution in [-0.4, -0.2) is 6.43 Å². The van der Waals surface area contributed by atoms with Crippen LogP contribution in [0.2, 0.25) is 0 Å². The molecule has 0 radical (unpaired) electrons. The van der Waals surface area contributed by atoms with Crippen molar-refractivity contribution in [2.24, 2.45) is 5.73 Å². The van der Waals surface area contributed by atoms with Crippen molar-refractivity contribution in [3.8, 4) is 0 Å². The fraction of sp³-hybridized carbons (Fsp3) is 0.400. The molecule has 3 heteroatoms. The SMILES string of the molecule is Cc1cc(C)cc([C@H](N)C(F)F)c1. The van der Waals surface area contributed by atoms with Crippen molar-refractivity contribution in [2.75, 3.05) is 0 Å². The van der Waals surface area contributed by atoms with Crippen LogP contribution in [-0.2, 0) is 0 Å². The number of rotatable bonds is 2. The highest BCUT2D eigenvalue weighted by molar-refractivity contribution is 5.30. The summed E-state index contributed by atoms with van der Waals surface area (Å²) in [6.45, 7) is 3.74. The molecule has 0 aromatic heterocycles. The van der Waals surface area contributed by atoms with Crippen molar-refractivity contribution in [1.82, 2.24) is 0 Å². The summed E-state index contributed by atoms with van der Waals surface area (Å²) in [5, 5.41) is 0. The van der Waals surface area contributed by atoms with Gasteiger partial charge in [0.1, 0.15) is 0 Å². The van der Waals surface area contributed by atoms with Crippen molar-refractivity contribution in [3.63, 3.8) is 0 Å². The van der Waals surface area contributed by atoms with E-state index in [-0.39, 0.29) is 0 Å². The van der Waals surface area contributed by atoms with Gasteiger partial charge in [-0.15, -0.1) is 0 Å². The number of benzene rings is 1. The van der Waals surface area contributed by atoms with Gasteiger partial charge in [0.25, 0.3) is 6.43 Å². The fourth-order valence-corrected chi connectivity index (χ4v) is 1.35. The molecule has 0 bridgehead atoms. The average molecular weight is 185 g/mol. The average Bonchev–Trinajstić information content (AvgIpc) is 2.01. The summed E-state index contributed by atoms with van der Waals surface area (Å²) in [4.78, 5) is 0. The van der Waals surface area contributed by atoms with Crippen LogP contribution in [0.5, 0.6) is 0 Å². The maximum atomic E-state index is 12.3. The summed E-state index contributed by atoms with van der Waals surface area (Å²) in [6.07, 6.45) is -2.50. The molecule has 1 aromatic rings. The van der Waals surface area contributed by atoms with E-state index >= 15 is 0 Å². The topological polar surface area (TPSA) is 26.0 Å². The van der Waals surface area contributed by atoms with E-state index in [1.165, 1.54) is 0 Å². The molecule has 72 valence electrons. The third kappa shape index (κ3) is 2.49. The molecule has 13 heavy (non-hydrogen) atoms. The van der Waals surface area contributed by atoms with Crippen LogP contribution >= 0.6 is 0 Å². The minimum absolute atomic E-state index is 0.507. The highest BCUT2D eigenvalue weighted by atomic mass is 19.3. The smallest absolute Gasteiger partial charge is 0.257 e. The minimum atomic E-state index is -2.50. The van der Waals surface area contributed by atoms with Gasteiger partial charge >= 0.3 is 0 Å². The van der Waals surface area contributed by atoms with Crippen LogP contribution in [0.1, 0.15) is 22.7 Å². The first-order valence-corrected chi connectivity index (χ1v) is 4.12. The van der Waals surface area contributed by atoms with Gasteiger partial charge in [-0.3, -0.25) is 0 Å². The third-order valence-electron chi connectivity index (χ3n) is 1.90. The van der Waals surface area contributed by atoms with E-state index in [0.717, 1.165) is 11.1 Å². The summed E-state index contributed by atoms with van der Waals surface area (Å²) >= 11 is 0. The molecule has 0 saturated heterocycles. The first-order valence-electron chi connectivity index (χ1n) is 4.12. The van der Waals surface area contributed by atoms with Crippen molar-refractivity contribution in [1.29, 1.82) is 0 Å². The lowest BCUT2D eigenvalue weighted by molar-refractivity contribution is 0.116. The quantitative estimate of drug-likeness (QED) is 0.752. The van der Waals surface area contributed by atoms with Crippen LogP contribution in [0.3, 0.4) is 0 Å². The predicted molar refractivity (Wildman–Crippen MR) is 48.8 cm³/mol. The molecule has 1 rings (SSSR count). The van der Waals surface area contributed by atoms with Crippen LogP contribution in [0.4, 0.5) is 8.78 Å². The third-order valence-corrected chi connectivity index (χ3v) is 1.90. The molecule has 0 aliphatic rings. The maximum Gasteiger partial charge on any atom is 0.257 e. The molecule has 0 saturated carbocycles. The van der Waals surface area contributed by atoms with Gasteiger partial charge in [0.2, 0.25) is 0 Å². The van der Waals surface area contributed by atoms with Gasteiger partial charge in [-0.05, 0) is 19.4 Å². The normalized spacial score (nSPS) is 13.4. The Morgan fingerprint density at radius 3 is 1.92 bits per heavy atom. The van der Waals surface area contributed by atoms with Gasteiger partial charge < -0.3 is 5.73 Å². The molecule has 1 atom stereocenters. The molecule has 0 aliphatic carbocycles. The van der Waals surface area contributed by atoms with E-state index in [1.807, 2.05) is 19.9 Å². The van der Waals surface area contributed by atoms with Gasteiger partial charge in [-0.2, -0.15) is 0 Å². The van der Waals surface area contributed by atoms with E-state index < -0.39 is 12.5 Å². The van der Waals surface area contributed by atoms with E-state index in [4.69, 9.17) is 5.73 Å². The molecule has 1 aromatic carbocycles. The van der Waals surface area contributed by atoms with Crippen LogP contribution in [0, 0.1) is 13.8 Å². The molecule has 0 spiro atoms. The molecule has 1 nitrogen and oxygen atoms in total. The number of hydrogen-bond donors (Lipinski definition) is 1. The van der Waals surface area contributed by atoms with Gasteiger partial charge in [-0.25, -0.2) is 8.78 Å². The summed E-state index contributed by atoms with van der Waals surface area (Å²) in [7, 11) is 0. The standard InChI is InChI=1S/C10H13F2N/c1-6-3-7(2)5-8(4-6)9(13)10(11)12/h3-5,9-10H,13H2,1-2H3/t9-/m0/s1. The predicted octanol–water partition coefficient (Wildman–Crippen LogP) is 2.57. The molecular weight excluding hydrogens is 172 g/mol. The van der Waals surface area contributed by atoms with Gasteiger partial charge in [0.15, 0.2) is 0 Å². The lowest BCUT2D eigenvalue weighted by Crippen LogP contribution is -2.19. The second-order valence-corrected chi connectivity index (χ2v) is 3.28. The molecule has 2 N–H and O–H groups in total. The first kappa shape index (κ1) is 10.1. The maximum absolute atomic E-state index is 12.3. The highest BCUT2D eigenvalue weighted by Crippen LogP contribution is 2.20. The lowest BCUT2D eigenvalue weighted by atomic mass is 10.0. The molecule has 0 aliphatic heterocycles. The molecule has 0 unspecified atom stereocenters. The van der Waals surface area contributed by atoms with Crippen molar-refractivity contribution in [2.45, 2.75) is 26.3 Å². The van der Waals surface area contributed by atoms with E-state index in [0.29, 0.717) is 5.56 Å². The van der Waals surface area contributed by atoms with Crippen LogP contribution in [0.15, 0.2) is 18.2 Å². The number of aryl methyl sites for hydroxylation is 2. The van der Waals surface area contributed by atoms with Gasteiger partial charge in [-0.1, -0.05) is 29.3 Å². The Morgan fingerprint density at radius 1 is 1.08 bits per heavy atom. The van der Waals surface area contributed by atoms with Gasteiger partial charge in [0.05, 0.1) is 6.04 Å². The number of alkyl halides is 2. The molecular formula is C10H13F2N. The number of hydrogen-bond acceptors (Lipinski definition) is 1. The second kappa shape index (κ2) is 3.83. The van der Waals surface area contributed by atoms with E-state index in [9.17, 15) is 8.78 Å². The second-order valence-electron chi connectivity index (χ2n) is 3.28. The van der Waals surface area contributed by atoms with Crippen LogP contribution in [0.25, 0.3) is 0 Å². The lowest BCUT2D eigenvalue weighted by Gasteiger charge is -2.12. The van der Waals surface area contributed by atoms with Crippen LogP contribution < -0.4 is 5.73 Å². The van der Waals surface area contributed by atoms with E-state index in [1.54, 1.807) is 12.1 Å². The number of halogens is 2. The highest BCUT2D eigenvalue weighted by Gasteiger charge is 2.17. The molecule has 0 amide bonds. The Labute approximate surface area is 76.6 Å².